The molecule has 0 radical (unpaired) electrons. The van der Waals surface area contributed by atoms with Crippen molar-refractivity contribution in [3.63, 3.8) is 0 Å². The second kappa shape index (κ2) is 7.67. The number of benzene rings is 1. The molecule has 6 heteroatoms. The number of para-hydroxylation sites is 1. The Morgan fingerprint density at radius 3 is 2.97 bits per heavy atom. The van der Waals surface area contributed by atoms with Crippen LogP contribution in [0.4, 0.5) is 0 Å². The molecule has 3 heterocycles. The lowest BCUT2D eigenvalue weighted by Gasteiger charge is -2.24. The van der Waals surface area contributed by atoms with Crippen LogP contribution in [0.2, 0.25) is 0 Å². The first-order valence-electron chi connectivity index (χ1n) is 10.8. The van der Waals surface area contributed by atoms with E-state index in [4.69, 9.17) is 0 Å². The summed E-state index contributed by atoms with van der Waals surface area (Å²) < 4.78 is 1.93. The fourth-order valence-electron chi connectivity index (χ4n) is 4.95. The maximum atomic E-state index is 13.0. The minimum Gasteiger partial charge on any atom is -0.361 e. The molecule has 0 bridgehead atoms. The van der Waals surface area contributed by atoms with Crippen LogP contribution in [-0.4, -0.2) is 51.2 Å². The third-order valence-corrected chi connectivity index (χ3v) is 6.55. The van der Waals surface area contributed by atoms with Crippen molar-refractivity contribution in [3.8, 4) is 0 Å². The minimum absolute atomic E-state index is 0.124. The van der Waals surface area contributed by atoms with Crippen LogP contribution in [0.5, 0.6) is 0 Å². The fourth-order valence-corrected chi connectivity index (χ4v) is 4.95. The molecule has 0 saturated carbocycles. The van der Waals surface area contributed by atoms with Crippen LogP contribution in [-0.2, 0) is 26.3 Å². The zero-order chi connectivity index (χ0) is 19.8. The molecule has 2 aliphatic rings. The molecule has 1 aromatic carbocycles. The van der Waals surface area contributed by atoms with Gasteiger partial charge in [0, 0.05) is 54.5 Å². The number of carbonyl (C=O) groups excluding carboxylic acids is 1. The number of hydrogen-bond donors (Lipinski definition) is 2. The average Bonchev–Trinajstić information content (AvgIpc) is 3.47. The largest absolute Gasteiger partial charge is 0.361 e. The monoisotopic (exact) mass is 391 g/mol. The van der Waals surface area contributed by atoms with Crippen LogP contribution >= 0.6 is 0 Å². The first-order chi connectivity index (χ1) is 14.2. The molecular formula is C23H29N5O. The lowest BCUT2D eigenvalue weighted by atomic mass is 9.91. The first-order valence-corrected chi connectivity index (χ1v) is 10.8. The predicted molar refractivity (Wildman–Crippen MR) is 114 cm³/mol. The number of fused-ring (bicyclic) bond motifs is 2. The normalized spacial score (nSPS) is 19.1. The number of nitrogens with zero attached hydrogens (tertiary/aromatic N) is 3. The highest BCUT2D eigenvalue weighted by molar-refractivity contribution is 5.94. The smallest absolute Gasteiger partial charge is 0.274 e. The van der Waals surface area contributed by atoms with E-state index in [0.29, 0.717) is 11.7 Å². The molecule has 1 unspecified atom stereocenters. The Hall–Kier alpha value is -2.60. The number of aromatic amines is 1. The topological polar surface area (TPSA) is 66.0 Å². The quantitative estimate of drug-likeness (QED) is 0.703. The molecule has 2 N–H and O–H groups in total. The Balaban J connectivity index is 1.25. The molecule has 29 heavy (non-hydrogen) atoms. The van der Waals surface area contributed by atoms with Crippen molar-refractivity contribution < 1.29 is 4.79 Å². The van der Waals surface area contributed by atoms with Crippen molar-refractivity contribution in [2.24, 2.45) is 7.05 Å². The summed E-state index contributed by atoms with van der Waals surface area (Å²) in [7, 11) is 1.98. The van der Waals surface area contributed by atoms with Gasteiger partial charge in [-0.25, -0.2) is 0 Å². The van der Waals surface area contributed by atoms with E-state index < -0.39 is 0 Å². The second-order valence-electron chi connectivity index (χ2n) is 8.40. The molecule has 1 amide bonds. The summed E-state index contributed by atoms with van der Waals surface area (Å²) in [6.45, 7) is 2.68. The fraction of sp³-hybridized carbons (Fsp3) is 0.478. The van der Waals surface area contributed by atoms with E-state index in [9.17, 15) is 4.79 Å². The molecule has 1 fully saturated rings. The molecule has 5 rings (SSSR count). The van der Waals surface area contributed by atoms with E-state index in [-0.39, 0.29) is 5.91 Å². The zero-order valence-corrected chi connectivity index (χ0v) is 17.1. The Labute approximate surface area is 171 Å². The van der Waals surface area contributed by atoms with Gasteiger partial charge in [0.1, 0.15) is 0 Å². The molecule has 2 aromatic heterocycles. The number of likely N-dealkylation sites (tertiary alicyclic amines) is 1. The predicted octanol–water partition coefficient (Wildman–Crippen LogP) is 2.83. The molecule has 0 spiro atoms. The highest BCUT2D eigenvalue weighted by Gasteiger charge is 2.31. The van der Waals surface area contributed by atoms with Gasteiger partial charge in [0.15, 0.2) is 5.69 Å². The van der Waals surface area contributed by atoms with Gasteiger partial charge in [-0.05, 0) is 56.7 Å². The number of aryl methyl sites for hydroxylation is 1. The summed E-state index contributed by atoms with van der Waals surface area (Å²) in [6, 6.07) is 8.87. The third-order valence-electron chi connectivity index (χ3n) is 6.55. The van der Waals surface area contributed by atoms with Crippen molar-refractivity contribution in [1.82, 2.24) is 25.0 Å². The van der Waals surface area contributed by atoms with Gasteiger partial charge in [-0.2, -0.15) is 5.10 Å². The van der Waals surface area contributed by atoms with Crippen molar-refractivity contribution in [3.05, 3.63) is 53.0 Å². The van der Waals surface area contributed by atoms with Crippen LogP contribution in [0.15, 0.2) is 30.5 Å². The van der Waals surface area contributed by atoms with Crippen LogP contribution in [0, 0.1) is 0 Å². The van der Waals surface area contributed by atoms with Crippen molar-refractivity contribution >= 4 is 16.8 Å². The van der Waals surface area contributed by atoms with Gasteiger partial charge < -0.3 is 15.2 Å². The average molecular weight is 392 g/mol. The highest BCUT2D eigenvalue weighted by Crippen LogP contribution is 2.26. The zero-order valence-electron chi connectivity index (χ0n) is 17.1. The van der Waals surface area contributed by atoms with Gasteiger partial charge in [0.2, 0.25) is 0 Å². The summed E-state index contributed by atoms with van der Waals surface area (Å²) in [6.07, 6.45) is 8.32. The highest BCUT2D eigenvalue weighted by atomic mass is 16.2. The molecule has 3 aromatic rings. The van der Waals surface area contributed by atoms with Gasteiger partial charge in [0.05, 0.1) is 0 Å². The number of carbonyl (C=O) groups is 1. The van der Waals surface area contributed by atoms with Crippen LogP contribution in [0.25, 0.3) is 10.9 Å². The number of H-pyrrole nitrogens is 1. The van der Waals surface area contributed by atoms with E-state index in [2.05, 4.69) is 45.9 Å². The second-order valence-corrected chi connectivity index (χ2v) is 8.40. The molecule has 1 aliphatic carbocycles. The standard InChI is InChI=1S/C23H29N5O/c1-27-21-9-8-17(14-19(21)22(26-27)23(29)28-12-4-5-13-28)24-11-10-16-15-25-20-7-3-2-6-18(16)20/h2-3,6-7,15,17,24-25H,4-5,8-14H2,1H3. The Kier molecular flexibility index (Phi) is 4.87. The van der Waals surface area contributed by atoms with E-state index in [0.717, 1.165) is 58.2 Å². The van der Waals surface area contributed by atoms with Crippen LogP contribution in [0.1, 0.15) is 46.6 Å². The number of amides is 1. The molecular weight excluding hydrogens is 362 g/mol. The van der Waals surface area contributed by atoms with Crippen LogP contribution in [0.3, 0.4) is 0 Å². The Morgan fingerprint density at radius 1 is 1.28 bits per heavy atom. The SMILES string of the molecule is Cn1nc(C(=O)N2CCCC2)c2c1CCC(NCCc1c[nH]c3ccccc13)C2. The van der Waals surface area contributed by atoms with Crippen molar-refractivity contribution in [1.29, 1.82) is 0 Å². The van der Waals surface area contributed by atoms with E-state index >= 15 is 0 Å². The first kappa shape index (κ1) is 18.4. The molecule has 1 saturated heterocycles. The minimum atomic E-state index is 0.124. The third kappa shape index (κ3) is 3.46. The van der Waals surface area contributed by atoms with Gasteiger partial charge in [-0.15, -0.1) is 0 Å². The maximum Gasteiger partial charge on any atom is 0.274 e. The summed E-state index contributed by atoms with van der Waals surface area (Å²) >= 11 is 0. The molecule has 1 atom stereocenters. The number of aromatic nitrogens is 3. The molecule has 1 aliphatic heterocycles. The molecule has 6 nitrogen and oxygen atoms in total. The summed E-state index contributed by atoms with van der Waals surface area (Å²) in [4.78, 5) is 18.3. The summed E-state index contributed by atoms with van der Waals surface area (Å²) in [5, 5.41) is 9.67. The summed E-state index contributed by atoms with van der Waals surface area (Å²) in [5.41, 5.74) is 5.65. The number of rotatable bonds is 5. The van der Waals surface area contributed by atoms with Crippen molar-refractivity contribution in [2.45, 2.75) is 44.6 Å². The van der Waals surface area contributed by atoms with Crippen molar-refractivity contribution in [2.75, 3.05) is 19.6 Å². The van der Waals surface area contributed by atoms with Gasteiger partial charge >= 0.3 is 0 Å². The lowest BCUT2D eigenvalue weighted by Crippen LogP contribution is -2.37. The van der Waals surface area contributed by atoms with E-state index in [1.54, 1.807) is 0 Å². The van der Waals surface area contributed by atoms with E-state index in [1.165, 1.54) is 27.7 Å². The summed E-state index contributed by atoms with van der Waals surface area (Å²) in [5.74, 6) is 0.124. The lowest BCUT2D eigenvalue weighted by molar-refractivity contribution is 0.0785. The van der Waals surface area contributed by atoms with Gasteiger partial charge in [-0.3, -0.25) is 9.48 Å². The Bertz CT molecular complexity index is 1030. The number of nitrogens with one attached hydrogen (secondary N) is 2. The van der Waals surface area contributed by atoms with Gasteiger partial charge in [-0.1, -0.05) is 18.2 Å². The van der Waals surface area contributed by atoms with E-state index in [1.807, 2.05) is 16.6 Å². The number of hydrogen-bond acceptors (Lipinski definition) is 3. The Morgan fingerprint density at radius 2 is 2.10 bits per heavy atom. The maximum absolute atomic E-state index is 13.0. The van der Waals surface area contributed by atoms with Crippen LogP contribution < -0.4 is 5.32 Å². The molecule has 152 valence electrons. The van der Waals surface area contributed by atoms with Gasteiger partial charge in [0.25, 0.3) is 5.91 Å².